The zero-order valence-corrected chi connectivity index (χ0v) is 11.0. The van der Waals surface area contributed by atoms with Crippen molar-refractivity contribution in [2.45, 2.75) is 6.92 Å². The SMILES string of the molecule is CCOC(=O)c1ncoc1-c1cccc2ccccc12. The van der Waals surface area contributed by atoms with E-state index in [1.165, 1.54) is 6.39 Å². The number of fused-ring (bicyclic) bond motifs is 1. The van der Waals surface area contributed by atoms with E-state index in [0.717, 1.165) is 16.3 Å². The molecular formula is C16H13NO3. The minimum Gasteiger partial charge on any atom is -0.461 e. The molecule has 4 heteroatoms. The summed E-state index contributed by atoms with van der Waals surface area (Å²) < 4.78 is 10.4. The Bertz CT molecular complexity index is 756. The van der Waals surface area contributed by atoms with Gasteiger partial charge in [-0.05, 0) is 17.7 Å². The molecule has 0 N–H and O–H groups in total. The second-order valence-electron chi connectivity index (χ2n) is 4.28. The van der Waals surface area contributed by atoms with Gasteiger partial charge in [0.2, 0.25) is 0 Å². The molecule has 0 saturated carbocycles. The number of carbonyl (C=O) groups is 1. The van der Waals surface area contributed by atoms with Crippen LogP contribution in [-0.2, 0) is 4.74 Å². The van der Waals surface area contributed by atoms with Crippen molar-refractivity contribution in [1.29, 1.82) is 0 Å². The summed E-state index contributed by atoms with van der Waals surface area (Å²) in [6.07, 6.45) is 1.27. The van der Waals surface area contributed by atoms with Gasteiger partial charge in [0.25, 0.3) is 0 Å². The molecule has 0 unspecified atom stereocenters. The topological polar surface area (TPSA) is 52.3 Å². The summed E-state index contributed by atoms with van der Waals surface area (Å²) in [5.74, 6) is -0.0237. The molecule has 20 heavy (non-hydrogen) atoms. The van der Waals surface area contributed by atoms with E-state index >= 15 is 0 Å². The summed E-state index contributed by atoms with van der Waals surface area (Å²) in [7, 11) is 0. The number of carbonyl (C=O) groups excluding carboxylic acids is 1. The van der Waals surface area contributed by atoms with Crippen LogP contribution < -0.4 is 0 Å². The van der Waals surface area contributed by atoms with Crippen molar-refractivity contribution in [3.8, 4) is 11.3 Å². The highest BCUT2D eigenvalue weighted by Crippen LogP contribution is 2.30. The number of esters is 1. The number of nitrogens with zero attached hydrogens (tertiary/aromatic N) is 1. The van der Waals surface area contributed by atoms with Gasteiger partial charge in [0.15, 0.2) is 17.8 Å². The molecule has 4 nitrogen and oxygen atoms in total. The smallest absolute Gasteiger partial charge is 0.360 e. The molecule has 0 fully saturated rings. The van der Waals surface area contributed by atoms with Crippen LogP contribution in [-0.4, -0.2) is 17.6 Å². The summed E-state index contributed by atoms with van der Waals surface area (Å²) in [4.78, 5) is 15.9. The lowest BCUT2D eigenvalue weighted by Crippen LogP contribution is -2.06. The molecule has 2 aromatic carbocycles. The Morgan fingerprint density at radius 1 is 1.20 bits per heavy atom. The van der Waals surface area contributed by atoms with Gasteiger partial charge in [-0.25, -0.2) is 9.78 Å². The number of aromatic nitrogens is 1. The molecule has 0 aliphatic heterocycles. The maximum atomic E-state index is 11.9. The van der Waals surface area contributed by atoms with Crippen molar-refractivity contribution in [3.05, 3.63) is 54.6 Å². The van der Waals surface area contributed by atoms with Gasteiger partial charge in [-0.2, -0.15) is 0 Å². The maximum absolute atomic E-state index is 11.9. The van der Waals surface area contributed by atoms with Crippen LogP contribution in [0.4, 0.5) is 0 Å². The first kappa shape index (κ1) is 12.4. The third-order valence-corrected chi connectivity index (χ3v) is 3.07. The van der Waals surface area contributed by atoms with E-state index in [0.29, 0.717) is 12.4 Å². The molecule has 3 rings (SSSR count). The molecule has 0 amide bonds. The monoisotopic (exact) mass is 267 g/mol. The molecule has 0 atom stereocenters. The summed E-state index contributed by atoms with van der Waals surface area (Å²) >= 11 is 0. The molecule has 3 aromatic rings. The highest BCUT2D eigenvalue weighted by molar-refractivity contribution is 6.01. The second-order valence-corrected chi connectivity index (χ2v) is 4.28. The highest BCUT2D eigenvalue weighted by Gasteiger charge is 2.20. The fourth-order valence-corrected chi connectivity index (χ4v) is 2.21. The van der Waals surface area contributed by atoms with Crippen molar-refractivity contribution in [3.63, 3.8) is 0 Å². The predicted octanol–water partition coefficient (Wildman–Crippen LogP) is 3.67. The number of oxazole rings is 1. The lowest BCUT2D eigenvalue weighted by molar-refractivity contribution is 0.0520. The second kappa shape index (κ2) is 5.17. The molecule has 0 spiro atoms. The van der Waals surface area contributed by atoms with Crippen LogP contribution in [0.3, 0.4) is 0 Å². The first-order valence-corrected chi connectivity index (χ1v) is 6.40. The van der Waals surface area contributed by atoms with E-state index in [1.807, 2.05) is 42.5 Å². The van der Waals surface area contributed by atoms with Gasteiger partial charge in [-0.3, -0.25) is 0 Å². The lowest BCUT2D eigenvalue weighted by Gasteiger charge is -2.05. The van der Waals surface area contributed by atoms with E-state index in [9.17, 15) is 4.79 Å². The normalized spacial score (nSPS) is 10.7. The van der Waals surface area contributed by atoms with Crippen molar-refractivity contribution >= 4 is 16.7 Å². The first-order valence-electron chi connectivity index (χ1n) is 6.40. The van der Waals surface area contributed by atoms with E-state index < -0.39 is 5.97 Å². The molecule has 1 aromatic heterocycles. The largest absolute Gasteiger partial charge is 0.461 e. The highest BCUT2D eigenvalue weighted by atomic mass is 16.5. The van der Waals surface area contributed by atoms with Gasteiger partial charge in [0.1, 0.15) is 0 Å². The first-order chi connectivity index (χ1) is 9.81. The van der Waals surface area contributed by atoms with Gasteiger partial charge in [0, 0.05) is 5.56 Å². The molecule has 1 heterocycles. The van der Waals surface area contributed by atoms with Gasteiger partial charge in [-0.15, -0.1) is 0 Å². The zero-order valence-electron chi connectivity index (χ0n) is 11.0. The van der Waals surface area contributed by atoms with E-state index in [1.54, 1.807) is 6.92 Å². The molecular weight excluding hydrogens is 254 g/mol. The van der Waals surface area contributed by atoms with Crippen molar-refractivity contribution in [2.24, 2.45) is 0 Å². The lowest BCUT2D eigenvalue weighted by atomic mass is 10.0. The van der Waals surface area contributed by atoms with Gasteiger partial charge >= 0.3 is 5.97 Å². The van der Waals surface area contributed by atoms with Gasteiger partial charge in [0.05, 0.1) is 6.61 Å². The Hall–Kier alpha value is -2.62. The summed E-state index contributed by atoms with van der Waals surface area (Å²) in [6, 6.07) is 13.8. The van der Waals surface area contributed by atoms with Crippen LogP contribution in [0.2, 0.25) is 0 Å². The fourth-order valence-electron chi connectivity index (χ4n) is 2.21. The number of rotatable bonds is 3. The number of benzene rings is 2. The molecule has 0 saturated heterocycles. The average molecular weight is 267 g/mol. The van der Waals surface area contributed by atoms with Crippen molar-refractivity contribution in [1.82, 2.24) is 4.98 Å². The Morgan fingerprint density at radius 2 is 2.00 bits per heavy atom. The molecule has 0 aliphatic rings. The molecule has 0 bridgehead atoms. The Labute approximate surface area is 116 Å². The molecule has 100 valence electrons. The predicted molar refractivity (Wildman–Crippen MR) is 75.4 cm³/mol. The van der Waals surface area contributed by atoms with Crippen molar-refractivity contribution < 1.29 is 13.9 Å². The van der Waals surface area contributed by atoms with Crippen LogP contribution in [0, 0.1) is 0 Å². The van der Waals surface area contributed by atoms with Crippen LogP contribution >= 0.6 is 0 Å². The van der Waals surface area contributed by atoms with Crippen molar-refractivity contribution in [2.75, 3.05) is 6.61 Å². The fraction of sp³-hybridized carbons (Fsp3) is 0.125. The standard InChI is InChI=1S/C16H13NO3/c1-2-19-16(18)14-15(20-10-17-14)13-9-5-7-11-6-3-4-8-12(11)13/h3-10H,2H2,1H3. The molecule has 0 radical (unpaired) electrons. The minimum absolute atomic E-state index is 0.211. The Kier molecular flexibility index (Phi) is 3.21. The third kappa shape index (κ3) is 2.05. The van der Waals surface area contributed by atoms with E-state index in [2.05, 4.69) is 4.98 Å². The quantitative estimate of drug-likeness (QED) is 0.679. The van der Waals surface area contributed by atoms with Crippen LogP contribution in [0.5, 0.6) is 0 Å². The van der Waals surface area contributed by atoms with Gasteiger partial charge < -0.3 is 9.15 Å². The van der Waals surface area contributed by atoms with Gasteiger partial charge in [-0.1, -0.05) is 42.5 Å². The number of hydrogen-bond donors (Lipinski definition) is 0. The Balaban J connectivity index is 2.17. The summed E-state index contributed by atoms with van der Waals surface area (Å²) in [6.45, 7) is 2.07. The summed E-state index contributed by atoms with van der Waals surface area (Å²) in [5, 5.41) is 2.09. The van der Waals surface area contributed by atoms with Crippen LogP contribution in [0.1, 0.15) is 17.4 Å². The number of ether oxygens (including phenoxy) is 1. The van der Waals surface area contributed by atoms with Crippen LogP contribution in [0.15, 0.2) is 53.3 Å². The average Bonchev–Trinajstić information content (AvgIpc) is 2.96. The van der Waals surface area contributed by atoms with Crippen LogP contribution in [0.25, 0.3) is 22.1 Å². The van der Waals surface area contributed by atoms with E-state index in [-0.39, 0.29) is 5.69 Å². The minimum atomic E-state index is -0.468. The Morgan fingerprint density at radius 3 is 2.85 bits per heavy atom. The summed E-state index contributed by atoms with van der Waals surface area (Å²) in [5.41, 5.74) is 1.05. The zero-order chi connectivity index (χ0) is 13.9. The van der Waals surface area contributed by atoms with E-state index in [4.69, 9.17) is 9.15 Å². The number of hydrogen-bond acceptors (Lipinski definition) is 4. The maximum Gasteiger partial charge on any atom is 0.360 e. The third-order valence-electron chi connectivity index (χ3n) is 3.07. The molecule has 0 aliphatic carbocycles.